The zero-order chi connectivity index (χ0) is 32.4. The van der Waals surface area contributed by atoms with E-state index >= 15 is 4.79 Å². The summed E-state index contributed by atoms with van der Waals surface area (Å²) in [6.45, 7) is 15.6. The number of nitrogens with zero attached hydrogens (tertiary/aromatic N) is 3. The summed E-state index contributed by atoms with van der Waals surface area (Å²) in [6.07, 6.45) is 4.87. The number of amides is 2. The van der Waals surface area contributed by atoms with Gasteiger partial charge in [-0.2, -0.15) is 0 Å². The SMILES string of the molecule is C=CCOC(=O)[C@H]1[C@H]2C(=O)N([C@@H](CO)Cc3ccccc3)C(C(=O)N(CC=C)c3ccc(N(CC)CC)cc3)C23CC[C@]1(C)S3. The predicted molar refractivity (Wildman–Crippen MR) is 180 cm³/mol. The van der Waals surface area contributed by atoms with Gasteiger partial charge in [0, 0.05) is 35.8 Å². The predicted octanol–water partition coefficient (Wildman–Crippen LogP) is 4.87. The highest BCUT2D eigenvalue weighted by Gasteiger charge is 2.78. The van der Waals surface area contributed by atoms with Crippen LogP contribution >= 0.6 is 11.8 Å². The lowest BCUT2D eigenvalue weighted by Gasteiger charge is -2.39. The Kier molecular flexibility index (Phi) is 9.80. The highest BCUT2D eigenvalue weighted by atomic mass is 32.2. The van der Waals surface area contributed by atoms with E-state index in [1.165, 1.54) is 6.08 Å². The van der Waals surface area contributed by atoms with Crippen molar-refractivity contribution in [2.24, 2.45) is 11.8 Å². The monoisotopic (exact) mass is 631 g/mol. The van der Waals surface area contributed by atoms with E-state index < -0.39 is 39.4 Å². The van der Waals surface area contributed by atoms with E-state index in [1.54, 1.807) is 27.6 Å². The number of carbonyl (C=O) groups excluding carboxylic acids is 3. The molecule has 0 radical (unpaired) electrons. The van der Waals surface area contributed by atoms with Crippen molar-refractivity contribution in [1.82, 2.24) is 4.90 Å². The summed E-state index contributed by atoms with van der Waals surface area (Å²) >= 11 is 1.59. The van der Waals surface area contributed by atoms with E-state index in [4.69, 9.17) is 4.74 Å². The number of fused-ring (bicyclic) bond motifs is 1. The van der Waals surface area contributed by atoms with Crippen molar-refractivity contribution in [2.75, 3.05) is 42.6 Å². The van der Waals surface area contributed by atoms with Gasteiger partial charge in [-0.1, -0.05) is 49.1 Å². The van der Waals surface area contributed by atoms with Crippen LogP contribution in [0.15, 0.2) is 79.9 Å². The molecule has 0 aromatic heterocycles. The first kappa shape index (κ1) is 32.8. The molecular formula is C36H45N3O5S. The van der Waals surface area contributed by atoms with Crippen molar-refractivity contribution in [2.45, 2.75) is 61.6 Å². The maximum Gasteiger partial charge on any atom is 0.311 e. The molecule has 3 heterocycles. The summed E-state index contributed by atoms with van der Waals surface area (Å²) in [5.41, 5.74) is 2.72. The molecule has 3 saturated heterocycles. The van der Waals surface area contributed by atoms with Crippen LogP contribution in [-0.2, 0) is 25.5 Å². The van der Waals surface area contributed by atoms with Crippen molar-refractivity contribution in [3.63, 3.8) is 0 Å². The fourth-order valence-electron chi connectivity index (χ4n) is 7.79. The van der Waals surface area contributed by atoms with Crippen LogP contribution < -0.4 is 9.80 Å². The summed E-state index contributed by atoms with van der Waals surface area (Å²) in [5, 5.41) is 10.8. The van der Waals surface area contributed by atoms with Gasteiger partial charge >= 0.3 is 5.97 Å². The Morgan fingerprint density at radius 2 is 1.73 bits per heavy atom. The van der Waals surface area contributed by atoms with Gasteiger partial charge in [-0.3, -0.25) is 14.4 Å². The first-order chi connectivity index (χ1) is 21.7. The average Bonchev–Trinajstić information content (AvgIpc) is 3.63. The number of carbonyl (C=O) groups is 3. The fraction of sp³-hybridized carbons (Fsp3) is 0.472. The van der Waals surface area contributed by atoms with Gasteiger partial charge < -0.3 is 24.5 Å². The normalized spacial score (nSPS) is 27.2. The molecule has 6 atom stereocenters. The molecule has 45 heavy (non-hydrogen) atoms. The number of anilines is 2. The van der Waals surface area contributed by atoms with Crippen LogP contribution in [0, 0.1) is 11.8 Å². The summed E-state index contributed by atoms with van der Waals surface area (Å²) in [7, 11) is 0. The Morgan fingerprint density at radius 1 is 1.07 bits per heavy atom. The maximum atomic E-state index is 15.0. The Labute approximate surface area is 271 Å². The van der Waals surface area contributed by atoms with E-state index in [2.05, 4.69) is 31.9 Å². The number of benzene rings is 2. The van der Waals surface area contributed by atoms with Crippen LogP contribution in [0.25, 0.3) is 0 Å². The molecule has 2 unspecified atom stereocenters. The third-order valence-corrected chi connectivity index (χ3v) is 11.8. The number of aliphatic hydroxyl groups excluding tert-OH is 1. The number of thioether (sulfide) groups is 1. The molecule has 1 spiro atoms. The number of rotatable bonds is 14. The van der Waals surface area contributed by atoms with Crippen molar-refractivity contribution >= 4 is 40.9 Å². The minimum Gasteiger partial charge on any atom is -0.461 e. The van der Waals surface area contributed by atoms with Gasteiger partial charge in [-0.15, -0.1) is 18.3 Å². The summed E-state index contributed by atoms with van der Waals surface area (Å²) in [6, 6.07) is 16.0. The largest absolute Gasteiger partial charge is 0.461 e. The van der Waals surface area contributed by atoms with Crippen molar-refractivity contribution in [3.05, 3.63) is 85.5 Å². The molecule has 240 valence electrons. The number of aliphatic hydroxyl groups is 1. The third-order valence-electron chi connectivity index (χ3n) is 9.83. The van der Waals surface area contributed by atoms with Gasteiger partial charge in [-0.25, -0.2) is 0 Å². The second-order valence-electron chi connectivity index (χ2n) is 12.3. The van der Waals surface area contributed by atoms with Crippen LogP contribution in [0.5, 0.6) is 0 Å². The van der Waals surface area contributed by atoms with Gasteiger partial charge in [0.1, 0.15) is 12.6 Å². The lowest BCUT2D eigenvalue weighted by Crippen LogP contribution is -2.58. The molecule has 0 aliphatic carbocycles. The van der Waals surface area contributed by atoms with Crippen molar-refractivity contribution in [1.29, 1.82) is 0 Å². The smallest absolute Gasteiger partial charge is 0.311 e. The molecule has 2 bridgehead atoms. The molecule has 1 N–H and O–H groups in total. The zero-order valence-electron chi connectivity index (χ0n) is 26.6. The quantitative estimate of drug-likeness (QED) is 0.235. The van der Waals surface area contributed by atoms with E-state index in [-0.39, 0.29) is 31.6 Å². The van der Waals surface area contributed by atoms with Gasteiger partial charge in [0.25, 0.3) is 5.91 Å². The second kappa shape index (κ2) is 13.4. The first-order valence-corrected chi connectivity index (χ1v) is 16.7. The van der Waals surface area contributed by atoms with Crippen LogP contribution in [0.3, 0.4) is 0 Å². The number of likely N-dealkylation sites (tertiary alicyclic amines) is 1. The van der Waals surface area contributed by atoms with E-state index in [1.807, 2.05) is 61.5 Å². The lowest BCUT2D eigenvalue weighted by molar-refractivity contribution is -0.155. The van der Waals surface area contributed by atoms with Gasteiger partial charge in [0.15, 0.2) is 0 Å². The highest BCUT2D eigenvalue weighted by molar-refractivity contribution is 8.02. The number of hydrogen-bond donors (Lipinski definition) is 1. The molecule has 2 amide bonds. The van der Waals surface area contributed by atoms with Crippen LogP contribution in [-0.4, -0.2) is 82.2 Å². The maximum absolute atomic E-state index is 15.0. The van der Waals surface area contributed by atoms with Crippen molar-refractivity contribution < 1.29 is 24.2 Å². The number of ether oxygens (including phenoxy) is 1. The second-order valence-corrected chi connectivity index (χ2v) is 14.2. The summed E-state index contributed by atoms with van der Waals surface area (Å²) in [4.78, 5) is 48.8. The minimum atomic E-state index is -0.887. The number of esters is 1. The molecule has 3 aliphatic heterocycles. The third kappa shape index (κ3) is 5.69. The van der Waals surface area contributed by atoms with Crippen molar-refractivity contribution in [3.8, 4) is 0 Å². The van der Waals surface area contributed by atoms with Gasteiger partial charge in [0.2, 0.25) is 5.91 Å². The summed E-state index contributed by atoms with van der Waals surface area (Å²) < 4.78 is 4.17. The Morgan fingerprint density at radius 3 is 2.33 bits per heavy atom. The standard InChI is InChI=1S/C36H45N3O5S/c1-6-21-38(27-17-15-26(16-18-27)37(8-3)9-4)33(42)31-36-20-19-35(5,45-36)30(34(43)44-22-7-2)29(36)32(41)39(31)28(24-40)23-25-13-11-10-12-14-25/h6-7,10-18,28-31,40H,1-2,8-9,19-24H2,3-5H3/t28-,29+,30-,31?,35+,36?/m1/s1. The Bertz CT molecular complexity index is 1410. The Balaban J connectivity index is 1.59. The molecular weight excluding hydrogens is 586 g/mol. The molecule has 0 saturated carbocycles. The summed E-state index contributed by atoms with van der Waals surface area (Å²) in [5.74, 6) is -2.38. The molecule has 9 heteroatoms. The number of hydrogen-bond acceptors (Lipinski definition) is 7. The molecule has 3 fully saturated rings. The van der Waals surface area contributed by atoms with Gasteiger partial charge in [-0.05, 0) is 69.9 Å². The zero-order valence-corrected chi connectivity index (χ0v) is 27.4. The average molecular weight is 632 g/mol. The molecule has 5 rings (SSSR count). The minimum absolute atomic E-state index is 0.0555. The molecule has 2 aromatic rings. The van der Waals surface area contributed by atoms with Crippen LogP contribution in [0.4, 0.5) is 11.4 Å². The molecule has 2 aromatic carbocycles. The molecule has 3 aliphatic rings. The Hall–Kier alpha value is -3.56. The topological polar surface area (TPSA) is 90.4 Å². The van der Waals surface area contributed by atoms with Crippen LogP contribution in [0.1, 0.15) is 39.2 Å². The van der Waals surface area contributed by atoms with E-state index in [0.29, 0.717) is 24.9 Å². The van der Waals surface area contributed by atoms with Crippen LogP contribution in [0.2, 0.25) is 0 Å². The lowest BCUT2D eigenvalue weighted by atomic mass is 9.66. The first-order valence-electron chi connectivity index (χ1n) is 15.9. The highest BCUT2D eigenvalue weighted by Crippen LogP contribution is 2.72. The van der Waals surface area contributed by atoms with E-state index in [0.717, 1.165) is 24.3 Å². The van der Waals surface area contributed by atoms with Gasteiger partial charge in [0.05, 0.1) is 29.2 Å². The fourth-order valence-corrected chi connectivity index (χ4v) is 10.1. The van der Waals surface area contributed by atoms with E-state index in [9.17, 15) is 14.7 Å². The molecule has 8 nitrogen and oxygen atoms in total.